The SMILES string of the molecule is COc1c(C)cc2c(c1O)[C@@H]1[C@@H]3[C@@H]4SC[C@]5(NCCc6cc(O)c(C)cc65)C(=O)OC[C@@H](c5c6c(c(C)c(C)c54)OCO6)N3C[C@H](C2)N1C.COc1c(C)cc2c(c1O)[C@@H]1[C@@H]3[C@@H]4SC[C@]5(NCCc6cc(O)c(C)cc65)C(=O)OC[C@@H](c5c6c(c(C)c(O)c54)OCO6)N3[C@@H](O)[C@H](C2)N1C. The van der Waals surface area contributed by atoms with Crippen LogP contribution in [0.1, 0.15) is 140 Å². The third kappa shape index (κ3) is 9.00. The van der Waals surface area contributed by atoms with Gasteiger partial charge < -0.3 is 68.5 Å². The van der Waals surface area contributed by atoms with E-state index in [4.69, 9.17) is 37.9 Å². The average Bonchev–Trinajstić information content (AvgIpc) is 1.69. The first kappa shape index (κ1) is 64.8. The highest BCUT2D eigenvalue weighted by molar-refractivity contribution is 7.99. The fourth-order valence-corrected chi connectivity index (χ4v) is 23.0. The molecule has 522 valence electrons. The highest BCUT2D eigenvalue weighted by atomic mass is 32.2. The van der Waals surface area contributed by atoms with E-state index in [-0.39, 0.29) is 103 Å². The standard InChI is InChI=1S/C38H43N3O7S.C37H41N3O9S/c1-17-10-24-21(12-26(17)42)7-8-39-38(24)15-49-36-27-19(3)20(4)34-35(48-16-47-34)29(27)25(14-46-37(38)44)41-13-23-11-22-9-18(2)33(45-6)32(43)28(22)30(31(36)41)40(23)5;1-15-9-20-18(11-23(15)41)6-7-38-37(20)13-50-34-26-25(33-32(48-14-49-33)17(3)29(26)42)22(12-47-36(37)45)40-28(34)27-24-19(10-21(35(40)44)39(27)4)8-16(2)31(46-5)30(24)43/h9-10,12,23,25,30-31,36,39,42-43H,7-8,11,13-16H2,1-6H3;8-9,11,21-22,27-28,34-35,38,41-44H,6-7,10,12-14H2,1-5H3/t23-,25-,30+,31+,36+,38+;21-,22-,27+,28+,34+,35-,37+/m00/s1. The molecule has 14 heterocycles. The number of aliphatic hydroxyl groups excluding tert-OH is 1. The second-order valence-corrected chi connectivity index (χ2v) is 31.4. The molecule has 8 N–H and O–H groups in total. The normalized spacial score (nSPS) is 30.5. The summed E-state index contributed by atoms with van der Waals surface area (Å²) in [6.45, 7) is 15.7. The number of carbonyl (C=O) groups excluding carboxylic acids is 2. The molecular formula is C75H84N6O16S2. The van der Waals surface area contributed by atoms with Gasteiger partial charge in [-0.05, 0) is 185 Å². The van der Waals surface area contributed by atoms with Crippen LogP contribution in [0.4, 0.5) is 0 Å². The summed E-state index contributed by atoms with van der Waals surface area (Å²) in [5.74, 6) is 4.07. The number of ether oxygens (including phenoxy) is 8. The van der Waals surface area contributed by atoms with Gasteiger partial charge >= 0.3 is 11.9 Å². The molecule has 0 radical (unpaired) electrons. The van der Waals surface area contributed by atoms with Crippen LogP contribution >= 0.6 is 23.5 Å². The molecular weight excluding hydrogens is 1300 g/mol. The first-order chi connectivity index (χ1) is 47.5. The molecule has 6 aromatic carbocycles. The Morgan fingerprint density at radius 2 is 1.02 bits per heavy atom. The van der Waals surface area contributed by atoms with Crippen LogP contribution < -0.4 is 39.1 Å². The fraction of sp³-hybridized carbons (Fsp3) is 0.493. The van der Waals surface area contributed by atoms with Gasteiger partial charge in [-0.15, -0.1) is 23.5 Å². The van der Waals surface area contributed by atoms with Gasteiger partial charge in [0.25, 0.3) is 0 Å². The molecule has 0 aliphatic carbocycles. The van der Waals surface area contributed by atoms with Crippen LogP contribution in [0.3, 0.4) is 0 Å². The van der Waals surface area contributed by atoms with E-state index in [1.807, 2.05) is 63.9 Å². The van der Waals surface area contributed by atoms with Gasteiger partial charge in [0.1, 0.15) is 36.7 Å². The lowest BCUT2D eigenvalue weighted by molar-refractivity contribution is -0.186. The molecule has 0 saturated carbocycles. The number of aliphatic hydroxyl groups is 1. The highest BCUT2D eigenvalue weighted by Crippen LogP contribution is 2.66. The van der Waals surface area contributed by atoms with Crippen LogP contribution in [-0.2, 0) is 55.8 Å². The van der Waals surface area contributed by atoms with Gasteiger partial charge in [-0.25, -0.2) is 9.59 Å². The van der Waals surface area contributed by atoms with Crippen molar-refractivity contribution in [3.63, 3.8) is 0 Å². The lowest BCUT2D eigenvalue weighted by Gasteiger charge is -2.62. The Balaban J connectivity index is 0.000000148. The molecule has 24 heteroatoms. The maximum Gasteiger partial charge on any atom is 0.331 e. The first-order valence-corrected chi connectivity index (χ1v) is 36.4. The van der Waals surface area contributed by atoms with Crippen LogP contribution in [0, 0.1) is 48.5 Å². The van der Waals surface area contributed by atoms with E-state index in [1.165, 1.54) is 22.9 Å². The Morgan fingerprint density at radius 3 is 1.58 bits per heavy atom. The number of phenols is 5. The second-order valence-electron chi connectivity index (χ2n) is 29.1. The number of aryl methyl sites for hydroxylation is 4. The Bertz CT molecular complexity index is 4500. The summed E-state index contributed by atoms with van der Waals surface area (Å²) in [7, 11) is 7.33. The first-order valence-electron chi connectivity index (χ1n) is 34.3. The number of benzene rings is 6. The van der Waals surface area contributed by atoms with Gasteiger partial charge in [0.2, 0.25) is 13.6 Å². The van der Waals surface area contributed by atoms with Crippen LogP contribution in [0.15, 0.2) is 36.4 Å². The van der Waals surface area contributed by atoms with Crippen molar-refractivity contribution in [2.75, 3.05) is 86.3 Å². The Morgan fingerprint density at radius 1 is 0.525 bits per heavy atom. The number of likely N-dealkylation sites (N-methyl/N-ethyl adjacent to an activating group) is 2. The average molecular weight is 1390 g/mol. The number of methoxy groups -OCH3 is 2. The summed E-state index contributed by atoms with van der Waals surface area (Å²) >= 11 is 3.28. The molecule has 13 atom stereocenters. The zero-order chi connectivity index (χ0) is 69.1. The van der Waals surface area contributed by atoms with Crippen molar-refractivity contribution < 1.29 is 78.1 Å². The van der Waals surface area contributed by atoms with Gasteiger partial charge in [-0.2, -0.15) is 0 Å². The van der Waals surface area contributed by atoms with Crippen LogP contribution in [-0.4, -0.2) is 179 Å². The zero-order valence-electron chi connectivity index (χ0n) is 57.4. The number of thioether (sulfide) groups is 2. The molecule has 6 aromatic rings. The topological polar surface area (TPSA) is 266 Å². The van der Waals surface area contributed by atoms with Crippen molar-refractivity contribution in [1.82, 2.24) is 30.2 Å². The molecule has 99 heavy (non-hydrogen) atoms. The van der Waals surface area contributed by atoms with Gasteiger partial charge in [-0.1, -0.05) is 12.1 Å². The number of rotatable bonds is 2. The number of piperazine rings is 2. The number of nitrogens with zero attached hydrogens (tertiary/aromatic N) is 4. The van der Waals surface area contributed by atoms with Gasteiger partial charge in [0.15, 0.2) is 57.1 Å². The molecule has 0 aromatic heterocycles. The van der Waals surface area contributed by atoms with Crippen molar-refractivity contribution in [2.24, 2.45) is 0 Å². The van der Waals surface area contributed by atoms with E-state index in [0.717, 1.165) is 96.8 Å². The number of aromatic hydroxyl groups is 5. The lowest BCUT2D eigenvalue weighted by atomic mass is 9.73. The third-order valence-electron chi connectivity index (χ3n) is 24.4. The number of esters is 2. The van der Waals surface area contributed by atoms with Gasteiger partial charge in [0.05, 0.1) is 49.7 Å². The molecule has 0 unspecified atom stereocenters. The van der Waals surface area contributed by atoms with E-state index in [0.29, 0.717) is 83.4 Å². The molecule has 14 aliphatic rings. The molecule has 4 fully saturated rings. The van der Waals surface area contributed by atoms with Crippen LogP contribution in [0.25, 0.3) is 0 Å². The molecule has 22 nitrogen and oxygen atoms in total. The predicted molar refractivity (Wildman–Crippen MR) is 368 cm³/mol. The minimum absolute atomic E-state index is 0.0211. The molecule has 8 bridgehead atoms. The Labute approximate surface area is 582 Å². The smallest absolute Gasteiger partial charge is 0.331 e. The molecule has 20 rings (SSSR count). The molecule has 4 saturated heterocycles. The molecule has 14 aliphatic heterocycles. The Kier molecular flexibility index (Phi) is 15.2. The van der Waals surface area contributed by atoms with E-state index in [2.05, 4.69) is 52.3 Å². The van der Waals surface area contributed by atoms with Gasteiger partial charge in [-0.3, -0.25) is 30.2 Å². The number of carbonyl (C=O) groups is 2. The monoisotopic (exact) mass is 1390 g/mol. The number of hydrogen-bond acceptors (Lipinski definition) is 24. The van der Waals surface area contributed by atoms with Crippen molar-refractivity contribution in [2.45, 2.75) is 150 Å². The zero-order valence-corrected chi connectivity index (χ0v) is 59.0. The number of fused-ring (bicyclic) bond motifs is 18. The van der Waals surface area contributed by atoms with E-state index in [1.54, 1.807) is 39.0 Å². The largest absolute Gasteiger partial charge is 0.508 e. The quantitative estimate of drug-likeness (QED) is 0.0758. The minimum Gasteiger partial charge on any atom is -0.508 e. The highest BCUT2D eigenvalue weighted by Gasteiger charge is 2.63. The molecule has 0 amide bonds. The predicted octanol–water partition coefficient (Wildman–Crippen LogP) is 8.27. The van der Waals surface area contributed by atoms with Crippen molar-refractivity contribution in [1.29, 1.82) is 0 Å². The Hall–Kier alpha value is -7.52. The summed E-state index contributed by atoms with van der Waals surface area (Å²) in [5.41, 5.74) is 14.4. The summed E-state index contributed by atoms with van der Waals surface area (Å²) in [5, 5.41) is 76.1. The lowest BCUT2D eigenvalue weighted by Crippen LogP contribution is -2.70. The third-order valence-corrected chi connectivity index (χ3v) is 27.4. The van der Waals surface area contributed by atoms with Crippen molar-refractivity contribution >= 4 is 35.5 Å². The van der Waals surface area contributed by atoms with Crippen molar-refractivity contribution in [3.8, 4) is 63.2 Å². The van der Waals surface area contributed by atoms with Crippen LogP contribution in [0.5, 0.6) is 63.2 Å². The maximum absolute atomic E-state index is 14.5. The summed E-state index contributed by atoms with van der Waals surface area (Å²) in [4.78, 5) is 38.2. The number of hydrogen-bond donors (Lipinski definition) is 8. The maximum atomic E-state index is 14.5. The van der Waals surface area contributed by atoms with Gasteiger partial charge in [0, 0.05) is 87.9 Å². The fourth-order valence-electron chi connectivity index (χ4n) is 19.5. The van der Waals surface area contributed by atoms with E-state index in [9.17, 15) is 40.2 Å². The van der Waals surface area contributed by atoms with Crippen LogP contribution in [0.2, 0.25) is 0 Å². The molecule has 2 spiro atoms. The van der Waals surface area contributed by atoms with Crippen molar-refractivity contribution in [3.05, 3.63) is 142 Å². The summed E-state index contributed by atoms with van der Waals surface area (Å²) in [6.07, 6.45) is 1.63. The summed E-state index contributed by atoms with van der Waals surface area (Å²) < 4.78 is 48.7. The second kappa shape index (κ2) is 23.3. The summed E-state index contributed by atoms with van der Waals surface area (Å²) in [6, 6.07) is 9.31. The van der Waals surface area contributed by atoms with E-state index < -0.39 is 46.7 Å². The minimum atomic E-state index is -1.24. The van der Waals surface area contributed by atoms with E-state index >= 15 is 0 Å². The number of nitrogens with one attached hydrogen (secondary N) is 2. The number of phenolic OH excluding ortho intramolecular Hbond substituents is 5.